The van der Waals surface area contributed by atoms with E-state index in [2.05, 4.69) is 68.4 Å². The second kappa shape index (κ2) is 7.95. The van der Waals surface area contributed by atoms with Gasteiger partial charge in [-0.2, -0.15) is 0 Å². The van der Waals surface area contributed by atoms with Gasteiger partial charge in [-0.25, -0.2) is 0 Å². The third kappa shape index (κ3) is 4.31. The molecule has 2 nitrogen and oxygen atoms in total. The highest BCUT2D eigenvalue weighted by Crippen LogP contribution is 2.35. The van der Waals surface area contributed by atoms with Gasteiger partial charge >= 0.3 is 0 Å². The Morgan fingerprint density at radius 1 is 1.19 bits per heavy atom. The van der Waals surface area contributed by atoms with E-state index < -0.39 is 0 Å². The van der Waals surface area contributed by atoms with Crippen molar-refractivity contribution in [1.29, 1.82) is 0 Å². The Labute approximate surface area is 130 Å². The number of likely N-dealkylation sites (N-methyl/N-ethyl adjacent to an activating group) is 2. The van der Waals surface area contributed by atoms with Gasteiger partial charge in [0.15, 0.2) is 0 Å². The van der Waals surface area contributed by atoms with E-state index in [9.17, 15) is 0 Å². The van der Waals surface area contributed by atoms with Crippen LogP contribution in [-0.2, 0) is 0 Å². The van der Waals surface area contributed by atoms with Crippen LogP contribution >= 0.6 is 0 Å². The summed E-state index contributed by atoms with van der Waals surface area (Å²) in [6, 6.07) is 12.4. The summed E-state index contributed by atoms with van der Waals surface area (Å²) in [5.74, 6) is 1.46. The monoisotopic (exact) mass is 288 g/mol. The maximum Gasteiger partial charge on any atom is 0.0255 e. The molecule has 3 unspecified atom stereocenters. The van der Waals surface area contributed by atoms with Gasteiger partial charge in [-0.1, -0.05) is 51.1 Å². The Morgan fingerprint density at radius 2 is 1.90 bits per heavy atom. The van der Waals surface area contributed by atoms with E-state index >= 15 is 0 Å². The van der Waals surface area contributed by atoms with Crippen LogP contribution < -0.4 is 5.32 Å². The van der Waals surface area contributed by atoms with Gasteiger partial charge in [-0.05, 0) is 50.3 Å². The van der Waals surface area contributed by atoms with Crippen LogP contribution in [0, 0.1) is 5.92 Å². The lowest BCUT2D eigenvalue weighted by molar-refractivity contribution is 0.109. The summed E-state index contributed by atoms with van der Waals surface area (Å²) < 4.78 is 0. The van der Waals surface area contributed by atoms with Gasteiger partial charge < -0.3 is 5.32 Å². The topological polar surface area (TPSA) is 15.3 Å². The lowest BCUT2D eigenvalue weighted by Crippen LogP contribution is -2.52. The SMILES string of the molecule is CCN(CC(C)C)C1CC(c2ccccc2)CCC1NC. The molecule has 0 bridgehead atoms. The van der Waals surface area contributed by atoms with Crippen LogP contribution in [0.1, 0.15) is 51.5 Å². The zero-order valence-corrected chi connectivity index (χ0v) is 14.2. The Kier molecular flexibility index (Phi) is 6.25. The zero-order chi connectivity index (χ0) is 15.2. The lowest BCUT2D eigenvalue weighted by atomic mass is 9.78. The van der Waals surface area contributed by atoms with Gasteiger partial charge in [-0.3, -0.25) is 4.90 Å². The van der Waals surface area contributed by atoms with Crippen molar-refractivity contribution < 1.29 is 0 Å². The molecular formula is C19H32N2. The molecule has 1 aliphatic rings. The van der Waals surface area contributed by atoms with Crippen molar-refractivity contribution in [1.82, 2.24) is 10.2 Å². The maximum absolute atomic E-state index is 3.57. The average Bonchev–Trinajstić information content (AvgIpc) is 2.52. The smallest absolute Gasteiger partial charge is 0.0255 e. The minimum atomic E-state index is 0.642. The number of hydrogen-bond donors (Lipinski definition) is 1. The molecule has 3 atom stereocenters. The molecule has 118 valence electrons. The van der Waals surface area contributed by atoms with Crippen molar-refractivity contribution in [2.75, 3.05) is 20.1 Å². The zero-order valence-electron chi connectivity index (χ0n) is 14.2. The molecule has 21 heavy (non-hydrogen) atoms. The molecule has 0 radical (unpaired) electrons. The molecule has 1 saturated carbocycles. The summed E-state index contributed by atoms with van der Waals surface area (Å²) in [6.45, 7) is 9.33. The van der Waals surface area contributed by atoms with Crippen LogP contribution in [-0.4, -0.2) is 37.1 Å². The molecule has 1 aliphatic carbocycles. The van der Waals surface area contributed by atoms with Crippen molar-refractivity contribution in [2.45, 2.75) is 58.0 Å². The Hall–Kier alpha value is -0.860. The molecule has 0 heterocycles. The number of nitrogens with one attached hydrogen (secondary N) is 1. The molecule has 0 aliphatic heterocycles. The van der Waals surface area contributed by atoms with E-state index in [1.54, 1.807) is 0 Å². The normalized spacial score (nSPS) is 26.5. The molecule has 1 aromatic rings. The molecular weight excluding hydrogens is 256 g/mol. The fourth-order valence-corrected chi connectivity index (χ4v) is 3.88. The van der Waals surface area contributed by atoms with Crippen LogP contribution in [0.2, 0.25) is 0 Å². The van der Waals surface area contributed by atoms with Crippen LogP contribution in [0.3, 0.4) is 0 Å². The largest absolute Gasteiger partial charge is 0.315 e. The second-order valence-corrected chi connectivity index (χ2v) is 6.86. The second-order valence-electron chi connectivity index (χ2n) is 6.86. The van der Waals surface area contributed by atoms with Crippen molar-refractivity contribution in [3.63, 3.8) is 0 Å². The standard InChI is InChI=1S/C19H32N2/c1-5-21(14-15(2)3)19-13-17(11-12-18(19)20-4)16-9-7-6-8-10-16/h6-10,15,17-20H,5,11-14H2,1-4H3. The molecule has 1 fully saturated rings. The fourth-order valence-electron chi connectivity index (χ4n) is 3.88. The number of hydrogen-bond acceptors (Lipinski definition) is 2. The molecule has 0 amide bonds. The summed E-state index contributed by atoms with van der Waals surface area (Å²) in [5, 5.41) is 3.57. The maximum atomic E-state index is 3.57. The van der Waals surface area contributed by atoms with E-state index in [4.69, 9.17) is 0 Å². The van der Waals surface area contributed by atoms with E-state index in [0.717, 1.165) is 18.4 Å². The molecule has 1 aromatic carbocycles. The third-order valence-corrected chi connectivity index (χ3v) is 4.93. The van der Waals surface area contributed by atoms with Crippen molar-refractivity contribution in [2.24, 2.45) is 5.92 Å². The molecule has 1 N–H and O–H groups in total. The van der Waals surface area contributed by atoms with E-state index in [1.165, 1.54) is 31.4 Å². The van der Waals surface area contributed by atoms with Crippen molar-refractivity contribution >= 4 is 0 Å². The van der Waals surface area contributed by atoms with E-state index in [1.807, 2.05) is 0 Å². The van der Waals surface area contributed by atoms with E-state index in [-0.39, 0.29) is 0 Å². The first-order valence-corrected chi connectivity index (χ1v) is 8.62. The predicted octanol–water partition coefficient (Wildman–Crippen LogP) is 3.89. The first-order valence-electron chi connectivity index (χ1n) is 8.62. The summed E-state index contributed by atoms with van der Waals surface area (Å²) >= 11 is 0. The third-order valence-electron chi connectivity index (χ3n) is 4.93. The minimum Gasteiger partial charge on any atom is -0.315 e. The number of nitrogens with zero attached hydrogens (tertiary/aromatic N) is 1. The first kappa shape index (κ1) is 16.5. The molecule has 2 rings (SSSR count). The molecule has 0 spiro atoms. The van der Waals surface area contributed by atoms with Gasteiger partial charge in [0.25, 0.3) is 0 Å². The van der Waals surface area contributed by atoms with Gasteiger partial charge in [0.05, 0.1) is 0 Å². The average molecular weight is 288 g/mol. The summed E-state index contributed by atoms with van der Waals surface area (Å²) in [6.07, 6.45) is 3.89. The summed E-state index contributed by atoms with van der Waals surface area (Å²) in [7, 11) is 2.13. The molecule has 2 heteroatoms. The molecule has 0 saturated heterocycles. The van der Waals surface area contributed by atoms with Crippen molar-refractivity contribution in [3.05, 3.63) is 35.9 Å². The summed E-state index contributed by atoms with van der Waals surface area (Å²) in [4.78, 5) is 2.70. The highest BCUT2D eigenvalue weighted by molar-refractivity contribution is 5.21. The quantitative estimate of drug-likeness (QED) is 0.854. The highest BCUT2D eigenvalue weighted by Gasteiger charge is 2.33. The predicted molar refractivity (Wildman–Crippen MR) is 91.8 cm³/mol. The van der Waals surface area contributed by atoms with Gasteiger partial charge in [0.1, 0.15) is 0 Å². The lowest BCUT2D eigenvalue weighted by Gasteiger charge is -2.43. The van der Waals surface area contributed by atoms with Crippen molar-refractivity contribution in [3.8, 4) is 0 Å². The highest BCUT2D eigenvalue weighted by atomic mass is 15.2. The minimum absolute atomic E-state index is 0.642. The van der Waals surface area contributed by atoms with E-state index in [0.29, 0.717) is 12.1 Å². The number of benzene rings is 1. The van der Waals surface area contributed by atoms with Crippen LogP contribution in [0.4, 0.5) is 0 Å². The molecule has 0 aromatic heterocycles. The van der Waals surface area contributed by atoms with Gasteiger partial charge in [0, 0.05) is 18.6 Å². The fraction of sp³-hybridized carbons (Fsp3) is 0.684. The number of rotatable bonds is 6. The Bertz CT molecular complexity index is 401. The van der Waals surface area contributed by atoms with Crippen LogP contribution in [0.25, 0.3) is 0 Å². The van der Waals surface area contributed by atoms with Gasteiger partial charge in [-0.15, -0.1) is 0 Å². The summed E-state index contributed by atoms with van der Waals surface area (Å²) in [5.41, 5.74) is 1.53. The Morgan fingerprint density at radius 3 is 2.48 bits per heavy atom. The van der Waals surface area contributed by atoms with Crippen LogP contribution in [0.5, 0.6) is 0 Å². The van der Waals surface area contributed by atoms with Gasteiger partial charge in [0.2, 0.25) is 0 Å². The van der Waals surface area contributed by atoms with Crippen LogP contribution in [0.15, 0.2) is 30.3 Å². The first-order chi connectivity index (χ1) is 10.2. The Balaban J connectivity index is 2.11.